The Morgan fingerprint density at radius 1 is 1.32 bits per heavy atom. The van der Waals surface area contributed by atoms with Crippen molar-refractivity contribution in [2.24, 2.45) is 10.7 Å². The third-order valence-corrected chi connectivity index (χ3v) is 4.31. The molecule has 28 heavy (non-hydrogen) atoms. The molecule has 0 aromatic heterocycles. The summed E-state index contributed by atoms with van der Waals surface area (Å²) in [4.78, 5) is 28.8. The molecule has 1 fully saturated rings. The first kappa shape index (κ1) is 21.3. The van der Waals surface area contributed by atoms with Crippen LogP contribution in [0.2, 0.25) is 0 Å². The van der Waals surface area contributed by atoms with Gasteiger partial charge in [0, 0.05) is 25.7 Å². The van der Waals surface area contributed by atoms with Crippen LogP contribution in [0.15, 0.2) is 29.3 Å². The van der Waals surface area contributed by atoms with Gasteiger partial charge in [-0.05, 0) is 37.5 Å². The molecule has 1 saturated heterocycles. The van der Waals surface area contributed by atoms with Crippen LogP contribution in [0.4, 0.5) is 4.79 Å². The van der Waals surface area contributed by atoms with Crippen molar-refractivity contribution in [1.82, 2.24) is 15.5 Å². The van der Waals surface area contributed by atoms with Gasteiger partial charge in [0.2, 0.25) is 0 Å². The van der Waals surface area contributed by atoms with E-state index in [1.54, 1.807) is 11.0 Å². The van der Waals surface area contributed by atoms with E-state index in [0.29, 0.717) is 25.4 Å². The first-order chi connectivity index (χ1) is 13.5. The second kappa shape index (κ2) is 11.0. The highest BCUT2D eigenvalue weighted by Crippen LogP contribution is 2.14. The van der Waals surface area contributed by atoms with E-state index >= 15 is 0 Å². The van der Waals surface area contributed by atoms with E-state index in [0.717, 1.165) is 30.9 Å². The molecule has 1 aliphatic rings. The number of primary amides is 1. The third-order valence-electron chi connectivity index (χ3n) is 4.31. The van der Waals surface area contributed by atoms with Crippen molar-refractivity contribution in [3.63, 3.8) is 0 Å². The second-order valence-electron chi connectivity index (χ2n) is 6.47. The van der Waals surface area contributed by atoms with Gasteiger partial charge in [-0.3, -0.25) is 4.79 Å². The van der Waals surface area contributed by atoms with E-state index in [1.165, 1.54) is 7.11 Å². The molecule has 0 aliphatic carbocycles. The largest absolute Gasteiger partial charge is 0.484 e. The number of likely N-dealkylation sites (tertiary alicyclic amines) is 1. The molecule has 1 heterocycles. The Morgan fingerprint density at radius 3 is 2.71 bits per heavy atom. The minimum atomic E-state index is -0.514. The van der Waals surface area contributed by atoms with Crippen LogP contribution in [0.3, 0.4) is 0 Å². The minimum Gasteiger partial charge on any atom is -0.484 e. The first-order valence-corrected chi connectivity index (χ1v) is 9.39. The molecule has 0 saturated carbocycles. The van der Waals surface area contributed by atoms with Crippen molar-refractivity contribution in [1.29, 1.82) is 0 Å². The van der Waals surface area contributed by atoms with Crippen molar-refractivity contribution in [3.8, 4) is 5.75 Å². The maximum atomic E-state index is 11.6. The quantitative estimate of drug-likeness (QED) is 0.468. The Kier molecular flexibility index (Phi) is 8.38. The van der Waals surface area contributed by atoms with E-state index in [1.807, 2.05) is 25.1 Å². The zero-order valence-electron chi connectivity index (χ0n) is 16.4. The zero-order chi connectivity index (χ0) is 20.4. The van der Waals surface area contributed by atoms with Crippen LogP contribution in [0.25, 0.3) is 0 Å². The summed E-state index contributed by atoms with van der Waals surface area (Å²) in [5.41, 5.74) is 6.06. The zero-order valence-corrected chi connectivity index (χ0v) is 16.4. The number of benzene rings is 1. The topological polar surface area (TPSA) is 118 Å². The van der Waals surface area contributed by atoms with Crippen molar-refractivity contribution >= 4 is 18.0 Å². The average Bonchev–Trinajstić information content (AvgIpc) is 2.71. The fourth-order valence-electron chi connectivity index (χ4n) is 2.91. The number of aliphatic imine (C=N–C) groups is 1. The Labute approximate surface area is 165 Å². The Bertz CT molecular complexity index is 687. The monoisotopic (exact) mass is 391 g/mol. The van der Waals surface area contributed by atoms with Gasteiger partial charge in [0.15, 0.2) is 12.6 Å². The van der Waals surface area contributed by atoms with E-state index in [-0.39, 0.29) is 18.7 Å². The highest BCUT2D eigenvalue weighted by atomic mass is 16.5. The molecule has 1 aromatic rings. The maximum absolute atomic E-state index is 11.6. The Balaban J connectivity index is 1.91. The van der Waals surface area contributed by atoms with Crippen molar-refractivity contribution < 1.29 is 19.1 Å². The molecule has 2 rings (SSSR count). The highest BCUT2D eigenvalue weighted by Gasteiger charge is 2.23. The minimum absolute atomic E-state index is 0.152. The summed E-state index contributed by atoms with van der Waals surface area (Å²) in [6, 6.07) is 7.65. The molecule has 0 bridgehead atoms. The van der Waals surface area contributed by atoms with Crippen molar-refractivity contribution in [2.75, 3.05) is 33.4 Å². The lowest BCUT2D eigenvalue weighted by Gasteiger charge is -2.32. The lowest BCUT2D eigenvalue weighted by molar-refractivity contribution is -0.119. The number of hydrogen-bond donors (Lipinski definition) is 3. The van der Waals surface area contributed by atoms with Gasteiger partial charge in [0.25, 0.3) is 5.91 Å². The second-order valence-corrected chi connectivity index (χ2v) is 6.47. The molecule has 1 aliphatic heterocycles. The van der Waals surface area contributed by atoms with Crippen LogP contribution in [0.5, 0.6) is 5.75 Å². The predicted octanol–water partition coefficient (Wildman–Crippen LogP) is 0.837. The van der Waals surface area contributed by atoms with Gasteiger partial charge in [0.1, 0.15) is 5.75 Å². The Hall–Kier alpha value is -2.97. The summed E-state index contributed by atoms with van der Waals surface area (Å²) < 4.78 is 10.1. The van der Waals surface area contributed by atoms with E-state index in [9.17, 15) is 9.59 Å². The van der Waals surface area contributed by atoms with Crippen LogP contribution < -0.4 is 21.1 Å². The summed E-state index contributed by atoms with van der Waals surface area (Å²) in [6.45, 7) is 4.38. The maximum Gasteiger partial charge on any atom is 0.409 e. The molecule has 2 amide bonds. The molecular formula is C19H29N5O4. The summed E-state index contributed by atoms with van der Waals surface area (Å²) in [7, 11) is 1.40. The van der Waals surface area contributed by atoms with Crippen LogP contribution in [-0.4, -0.2) is 62.3 Å². The van der Waals surface area contributed by atoms with E-state index in [4.69, 9.17) is 15.2 Å². The lowest BCUT2D eigenvalue weighted by Crippen LogP contribution is -2.49. The number of ether oxygens (including phenoxy) is 2. The van der Waals surface area contributed by atoms with Gasteiger partial charge in [-0.1, -0.05) is 12.1 Å². The number of rotatable bonds is 7. The summed E-state index contributed by atoms with van der Waals surface area (Å²) in [6.07, 6.45) is 1.38. The summed E-state index contributed by atoms with van der Waals surface area (Å²) >= 11 is 0. The van der Waals surface area contributed by atoms with Gasteiger partial charge in [-0.25, -0.2) is 9.79 Å². The van der Waals surface area contributed by atoms with Gasteiger partial charge in [0.05, 0.1) is 13.7 Å². The SMILES string of the molecule is CCNC(=NCc1cccc(OCC(N)=O)c1)NC1CCN(C(=O)OC)CC1. The van der Waals surface area contributed by atoms with Crippen LogP contribution in [0, 0.1) is 0 Å². The molecule has 0 radical (unpaired) electrons. The molecule has 154 valence electrons. The molecular weight excluding hydrogens is 362 g/mol. The summed E-state index contributed by atoms with van der Waals surface area (Å²) in [5.74, 6) is 0.794. The molecule has 4 N–H and O–H groups in total. The van der Waals surface area contributed by atoms with Crippen LogP contribution >= 0.6 is 0 Å². The standard InChI is InChI=1S/C19H29N5O4/c1-3-21-18(23-15-7-9-24(10-8-15)19(26)27-2)22-12-14-5-4-6-16(11-14)28-13-17(20)25/h4-6,11,15H,3,7-10,12-13H2,1-2H3,(H2,20,25)(H2,21,22,23). The molecule has 0 atom stereocenters. The van der Waals surface area contributed by atoms with Gasteiger partial charge >= 0.3 is 6.09 Å². The number of carbonyl (C=O) groups is 2. The third kappa shape index (κ3) is 6.98. The van der Waals surface area contributed by atoms with Crippen LogP contribution in [0.1, 0.15) is 25.3 Å². The number of nitrogens with one attached hydrogen (secondary N) is 2. The molecule has 0 unspecified atom stereocenters. The fraction of sp³-hybridized carbons (Fsp3) is 0.526. The number of methoxy groups -OCH3 is 1. The normalized spacial score (nSPS) is 15.1. The fourth-order valence-corrected chi connectivity index (χ4v) is 2.91. The number of nitrogens with two attached hydrogens (primary N) is 1. The van der Waals surface area contributed by atoms with Gasteiger partial charge < -0.3 is 30.7 Å². The number of nitrogens with zero attached hydrogens (tertiary/aromatic N) is 2. The number of hydrogen-bond acceptors (Lipinski definition) is 5. The first-order valence-electron chi connectivity index (χ1n) is 9.39. The highest BCUT2D eigenvalue weighted by molar-refractivity contribution is 5.80. The average molecular weight is 391 g/mol. The molecule has 9 heteroatoms. The molecule has 0 spiro atoms. The smallest absolute Gasteiger partial charge is 0.409 e. The van der Waals surface area contributed by atoms with Gasteiger partial charge in [-0.2, -0.15) is 0 Å². The predicted molar refractivity (Wildman–Crippen MR) is 106 cm³/mol. The van der Waals surface area contributed by atoms with Crippen molar-refractivity contribution in [2.45, 2.75) is 32.4 Å². The van der Waals surface area contributed by atoms with Gasteiger partial charge in [-0.15, -0.1) is 0 Å². The number of carbonyl (C=O) groups excluding carboxylic acids is 2. The Morgan fingerprint density at radius 2 is 2.07 bits per heavy atom. The van der Waals surface area contributed by atoms with Crippen LogP contribution in [-0.2, 0) is 16.1 Å². The number of piperidine rings is 1. The van der Waals surface area contributed by atoms with Crippen molar-refractivity contribution in [3.05, 3.63) is 29.8 Å². The van der Waals surface area contributed by atoms with E-state index in [2.05, 4.69) is 15.6 Å². The number of amides is 2. The lowest BCUT2D eigenvalue weighted by atomic mass is 10.1. The number of guanidine groups is 1. The summed E-state index contributed by atoms with van der Waals surface area (Å²) in [5, 5.41) is 6.67. The molecule has 1 aromatic carbocycles. The van der Waals surface area contributed by atoms with E-state index < -0.39 is 5.91 Å². The molecule has 9 nitrogen and oxygen atoms in total.